The molecule has 31 heavy (non-hydrogen) atoms. The monoisotopic (exact) mass is 435 g/mol. The zero-order valence-corrected chi connectivity index (χ0v) is 18.4. The number of hydrogen-bond acceptors (Lipinski definition) is 5. The van der Waals surface area contributed by atoms with Gasteiger partial charge in [-0.1, -0.05) is 54.2 Å². The molecule has 2 amide bonds. The van der Waals surface area contributed by atoms with Crippen molar-refractivity contribution in [3.63, 3.8) is 0 Å². The summed E-state index contributed by atoms with van der Waals surface area (Å²) in [7, 11) is 0. The van der Waals surface area contributed by atoms with Gasteiger partial charge in [-0.25, -0.2) is 0 Å². The average molecular weight is 436 g/mol. The highest BCUT2D eigenvalue weighted by Gasteiger charge is 2.15. The molecular formula is C23H25N5O2S. The van der Waals surface area contributed by atoms with Crippen molar-refractivity contribution in [3.05, 3.63) is 83.7 Å². The number of amides is 2. The van der Waals surface area contributed by atoms with E-state index in [1.54, 1.807) is 12.1 Å². The van der Waals surface area contributed by atoms with Gasteiger partial charge in [-0.05, 0) is 37.1 Å². The summed E-state index contributed by atoms with van der Waals surface area (Å²) in [6.07, 6.45) is 1.73. The van der Waals surface area contributed by atoms with Crippen molar-refractivity contribution in [1.29, 1.82) is 0 Å². The molecule has 3 rings (SSSR count). The Hall–Kier alpha value is -3.39. The molecule has 3 aromatic rings. The number of para-hydroxylation sites is 1. The molecule has 0 aliphatic heterocycles. The summed E-state index contributed by atoms with van der Waals surface area (Å²) in [5.74, 6) is 0.502. The Labute approximate surface area is 186 Å². The van der Waals surface area contributed by atoms with Crippen molar-refractivity contribution in [2.24, 2.45) is 0 Å². The zero-order valence-electron chi connectivity index (χ0n) is 17.6. The van der Waals surface area contributed by atoms with Gasteiger partial charge in [0.25, 0.3) is 5.91 Å². The minimum Gasteiger partial charge on any atom is -0.345 e. The maximum atomic E-state index is 12.5. The van der Waals surface area contributed by atoms with Crippen LogP contribution in [0, 0.1) is 13.8 Å². The minimum absolute atomic E-state index is 0.123. The second-order valence-corrected chi connectivity index (χ2v) is 7.89. The molecule has 0 atom stereocenters. The summed E-state index contributed by atoms with van der Waals surface area (Å²) in [4.78, 5) is 24.8. The Balaban J connectivity index is 1.62. The second-order valence-electron chi connectivity index (χ2n) is 6.95. The number of thioether (sulfide) groups is 1. The van der Waals surface area contributed by atoms with E-state index in [-0.39, 0.29) is 24.1 Å². The number of benzene rings is 2. The Morgan fingerprint density at radius 2 is 1.77 bits per heavy atom. The summed E-state index contributed by atoms with van der Waals surface area (Å²) < 4.78 is 1.84. The van der Waals surface area contributed by atoms with Crippen molar-refractivity contribution in [3.8, 4) is 0 Å². The zero-order chi connectivity index (χ0) is 22.2. The van der Waals surface area contributed by atoms with Crippen molar-refractivity contribution >= 4 is 29.3 Å². The second kappa shape index (κ2) is 10.6. The standard InChI is InChI=1S/C23H25N5O2S/c1-4-13-28-20(14-24-22(30)18-11-7-5-9-16(18)2)26-27-23(28)31-15-21(29)25-19-12-8-6-10-17(19)3/h4-12H,1,13-15H2,2-3H3,(H,24,30)(H,25,29). The molecule has 0 radical (unpaired) electrons. The van der Waals surface area contributed by atoms with Crippen LogP contribution < -0.4 is 10.6 Å². The largest absolute Gasteiger partial charge is 0.345 e. The molecule has 160 valence electrons. The summed E-state index contributed by atoms with van der Waals surface area (Å²) in [6, 6.07) is 15.0. The van der Waals surface area contributed by atoms with Crippen LogP contribution in [0.3, 0.4) is 0 Å². The summed E-state index contributed by atoms with van der Waals surface area (Å²) >= 11 is 1.29. The predicted molar refractivity (Wildman–Crippen MR) is 123 cm³/mol. The van der Waals surface area contributed by atoms with Crippen molar-refractivity contribution in [2.45, 2.75) is 32.1 Å². The van der Waals surface area contributed by atoms with E-state index in [1.165, 1.54) is 11.8 Å². The van der Waals surface area contributed by atoms with E-state index in [1.807, 2.05) is 60.9 Å². The fraction of sp³-hybridized carbons (Fsp3) is 0.217. The van der Waals surface area contributed by atoms with Crippen LogP contribution in [0.2, 0.25) is 0 Å². The van der Waals surface area contributed by atoms with E-state index >= 15 is 0 Å². The summed E-state index contributed by atoms with van der Waals surface area (Å²) in [6.45, 7) is 8.32. The molecule has 0 aliphatic rings. The number of anilines is 1. The number of nitrogens with one attached hydrogen (secondary N) is 2. The van der Waals surface area contributed by atoms with Crippen LogP contribution >= 0.6 is 11.8 Å². The SMILES string of the molecule is C=CCn1c(CNC(=O)c2ccccc2C)nnc1SCC(=O)Nc1ccccc1C. The number of hydrogen-bond donors (Lipinski definition) is 2. The fourth-order valence-electron chi connectivity index (χ4n) is 2.98. The van der Waals surface area contributed by atoms with Gasteiger partial charge >= 0.3 is 0 Å². The smallest absolute Gasteiger partial charge is 0.251 e. The van der Waals surface area contributed by atoms with Gasteiger partial charge in [-0.15, -0.1) is 16.8 Å². The number of allylic oxidation sites excluding steroid dienone is 1. The molecule has 1 heterocycles. The topological polar surface area (TPSA) is 88.9 Å². The Bertz CT molecular complexity index is 1090. The quantitative estimate of drug-likeness (QED) is 0.395. The van der Waals surface area contributed by atoms with Crippen LogP contribution in [0.1, 0.15) is 27.3 Å². The summed E-state index contributed by atoms with van der Waals surface area (Å²) in [5, 5.41) is 14.8. The number of aryl methyl sites for hydroxylation is 2. The van der Waals surface area contributed by atoms with Crippen LogP contribution in [0.5, 0.6) is 0 Å². The van der Waals surface area contributed by atoms with Crippen LogP contribution in [-0.4, -0.2) is 32.3 Å². The lowest BCUT2D eigenvalue weighted by Crippen LogP contribution is -2.25. The number of rotatable bonds is 9. The third-order valence-corrected chi connectivity index (χ3v) is 5.62. The van der Waals surface area contributed by atoms with Gasteiger partial charge in [0.1, 0.15) is 0 Å². The van der Waals surface area contributed by atoms with Gasteiger partial charge in [0.15, 0.2) is 11.0 Å². The maximum Gasteiger partial charge on any atom is 0.251 e. The van der Waals surface area contributed by atoms with E-state index in [0.29, 0.717) is 23.1 Å². The maximum absolute atomic E-state index is 12.5. The third kappa shape index (κ3) is 5.82. The molecule has 0 unspecified atom stereocenters. The average Bonchev–Trinajstić information content (AvgIpc) is 3.14. The molecule has 0 bridgehead atoms. The first kappa shape index (κ1) is 22.3. The number of carbonyl (C=O) groups excluding carboxylic acids is 2. The highest BCUT2D eigenvalue weighted by Crippen LogP contribution is 2.19. The van der Waals surface area contributed by atoms with Gasteiger partial charge in [0.2, 0.25) is 5.91 Å². The van der Waals surface area contributed by atoms with Crippen LogP contribution in [0.4, 0.5) is 5.69 Å². The Kier molecular flexibility index (Phi) is 7.61. The van der Waals surface area contributed by atoms with Crippen molar-refractivity contribution < 1.29 is 9.59 Å². The molecule has 2 N–H and O–H groups in total. The van der Waals surface area contributed by atoms with Gasteiger partial charge in [0.05, 0.1) is 12.3 Å². The third-order valence-electron chi connectivity index (χ3n) is 4.65. The van der Waals surface area contributed by atoms with Gasteiger partial charge in [-0.2, -0.15) is 0 Å². The highest BCUT2D eigenvalue weighted by atomic mass is 32.2. The van der Waals surface area contributed by atoms with Crippen LogP contribution in [-0.2, 0) is 17.9 Å². The number of aromatic nitrogens is 3. The first-order chi connectivity index (χ1) is 15.0. The Morgan fingerprint density at radius 3 is 2.48 bits per heavy atom. The molecule has 0 aliphatic carbocycles. The van der Waals surface area contributed by atoms with E-state index in [2.05, 4.69) is 27.4 Å². The van der Waals surface area contributed by atoms with E-state index in [4.69, 9.17) is 0 Å². The normalized spacial score (nSPS) is 10.5. The molecule has 0 fully saturated rings. The first-order valence-electron chi connectivity index (χ1n) is 9.84. The highest BCUT2D eigenvalue weighted by molar-refractivity contribution is 7.99. The van der Waals surface area contributed by atoms with Gasteiger partial charge in [0, 0.05) is 17.8 Å². The fourth-order valence-corrected chi connectivity index (χ4v) is 3.75. The summed E-state index contributed by atoms with van der Waals surface area (Å²) in [5.41, 5.74) is 3.32. The van der Waals surface area contributed by atoms with E-state index < -0.39 is 0 Å². The lowest BCUT2D eigenvalue weighted by molar-refractivity contribution is -0.113. The molecule has 7 nitrogen and oxygen atoms in total. The molecular weight excluding hydrogens is 410 g/mol. The van der Waals surface area contributed by atoms with E-state index in [9.17, 15) is 9.59 Å². The lowest BCUT2D eigenvalue weighted by Gasteiger charge is -2.10. The molecule has 1 aromatic heterocycles. The molecule has 0 saturated carbocycles. The van der Waals surface area contributed by atoms with Crippen LogP contribution in [0.25, 0.3) is 0 Å². The van der Waals surface area contributed by atoms with Crippen molar-refractivity contribution in [2.75, 3.05) is 11.1 Å². The van der Waals surface area contributed by atoms with Crippen LogP contribution in [0.15, 0.2) is 66.3 Å². The van der Waals surface area contributed by atoms with E-state index in [0.717, 1.165) is 16.8 Å². The Morgan fingerprint density at radius 1 is 1.06 bits per heavy atom. The molecule has 0 saturated heterocycles. The lowest BCUT2D eigenvalue weighted by atomic mass is 10.1. The minimum atomic E-state index is -0.168. The number of nitrogens with zero attached hydrogens (tertiary/aromatic N) is 3. The number of carbonyl (C=O) groups is 2. The van der Waals surface area contributed by atoms with Gasteiger partial charge < -0.3 is 15.2 Å². The van der Waals surface area contributed by atoms with Gasteiger partial charge in [-0.3, -0.25) is 9.59 Å². The molecule has 8 heteroatoms. The molecule has 2 aromatic carbocycles. The predicted octanol–water partition coefficient (Wildman–Crippen LogP) is 3.74. The molecule has 0 spiro atoms. The van der Waals surface area contributed by atoms with Crippen molar-refractivity contribution in [1.82, 2.24) is 20.1 Å². The first-order valence-corrected chi connectivity index (χ1v) is 10.8.